The Kier molecular flexibility index (Phi) is 8.93. The number of hydrogen-bond acceptors (Lipinski definition) is 5. The van der Waals surface area contributed by atoms with Crippen molar-refractivity contribution < 1.29 is 28.1 Å². The number of aromatic nitrogens is 1. The van der Waals surface area contributed by atoms with Crippen molar-refractivity contribution in [2.75, 3.05) is 27.0 Å². The molecule has 2 atom stereocenters. The van der Waals surface area contributed by atoms with Crippen molar-refractivity contribution in [1.82, 2.24) is 4.98 Å². The van der Waals surface area contributed by atoms with Gasteiger partial charge in [0.2, 0.25) is 5.88 Å². The molecule has 0 radical (unpaired) electrons. The van der Waals surface area contributed by atoms with Gasteiger partial charge < -0.3 is 19.1 Å². The molecule has 0 saturated carbocycles. The van der Waals surface area contributed by atoms with E-state index in [9.17, 15) is 13.8 Å². The van der Waals surface area contributed by atoms with Crippen LogP contribution in [0.5, 0.6) is 11.6 Å². The largest absolute Gasteiger partial charge is 0.497 e. The molecular weight excluding hydrogens is 480 g/mol. The van der Waals surface area contributed by atoms with Crippen molar-refractivity contribution >= 4 is 7.37 Å². The maximum absolute atomic E-state index is 14.9. The summed E-state index contributed by atoms with van der Waals surface area (Å²) in [4.78, 5) is 13.8. The normalized spacial score (nSPS) is 14.2. The molecule has 0 spiro atoms. The van der Waals surface area contributed by atoms with Crippen molar-refractivity contribution in [3.8, 4) is 22.8 Å². The maximum atomic E-state index is 14.9. The fourth-order valence-corrected chi connectivity index (χ4v) is 4.80. The first kappa shape index (κ1) is 27.9. The minimum Gasteiger partial charge on any atom is -0.497 e. The highest BCUT2D eigenvalue weighted by Crippen LogP contribution is 2.42. The van der Waals surface area contributed by atoms with Gasteiger partial charge in [0.05, 0.1) is 13.2 Å². The zero-order valence-corrected chi connectivity index (χ0v) is 22.6. The fraction of sp³-hybridized carbons (Fsp3) is 0.393. The zero-order valence-electron chi connectivity index (χ0n) is 21.7. The summed E-state index contributed by atoms with van der Waals surface area (Å²) in [5.74, 6) is 0.659. The Morgan fingerprint density at radius 1 is 1.03 bits per heavy atom. The van der Waals surface area contributed by atoms with Gasteiger partial charge in [-0.3, -0.25) is 4.57 Å². The third-order valence-corrected chi connectivity index (χ3v) is 6.94. The lowest BCUT2D eigenvalue weighted by Crippen LogP contribution is -2.21. The number of methoxy groups -OCH3 is 2. The summed E-state index contributed by atoms with van der Waals surface area (Å²) in [5, 5.41) is 0. The van der Waals surface area contributed by atoms with Gasteiger partial charge in [0.25, 0.3) is 0 Å². The standard InChI is InChI=1S/C28H35FNO5P/c1-28(2,3)27(34-5)24-15-20(7-9-22(24)23-17-21(33-4)8-10-25(23)29)18-35-26-16-19(11-13-30-26)12-14-36(6,31)32/h7-11,13,15-17,27H,12,14,18H2,1-6H3,(H,31,32). The summed E-state index contributed by atoms with van der Waals surface area (Å²) in [6.07, 6.45) is 1.99. The molecule has 36 heavy (non-hydrogen) atoms. The lowest BCUT2D eigenvalue weighted by molar-refractivity contribution is 0.0155. The summed E-state index contributed by atoms with van der Waals surface area (Å²) in [7, 11) is 0.121. The molecule has 8 heteroatoms. The SMILES string of the molecule is COc1ccc(F)c(-c2ccc(COc3cc(CCP(C)(=O)O)ccn3)cc2C(OC)C(C)(C)C)c1. The van der Waals surface area contributed by atoms with E-state index in [-0.39, 0.29) is 30.1 Å². The minimum atomic E-state index is -3.09. The number of nitrogens with zero attached hydrogens (tertiary/aromatic N) is 1. The summed E-state index contributed by atoms with van der Waals surface area (Å²) >= 11 is 0. The van der Waals surface area contributed by atoms with Crippen LogP contribution in [0.2, 0.25) is 0 Å². The van der Waals surface area contributed by atoms with Crippen LogP contribution in [-0.2, 0) is 22.3 Å². The van der Waals surface area contributed by atoms with Gasteiger partial charge in [0.1, 0.15) is 18.2 Å². The zero-order chi connectivity index (χ0) is 26.5. The van der Waals surface area contributed by atoms with E-state index in [1.165, 1.54) is 12.7 Å². The van der Waals surface area contributed by atoms with E-state index in [0.29, 0.717) is 23.6 Å². The van der Waals surface area contributed by atoms with Gasteiger partial charge in [0.15, 0.2) is 7.37 Å². The van der Waals surface area contributed by atoms with Crippen LogP contribution < -0.4 is 9.47 Å². The topological polar surface area (TPSA) is 77.9 Å². The first-order valence-electron chi connectivity index (χ1n) is 11.8. The number of hydrogen-bond donors (Lipinski definition) is 1. The van der Waals surface area contributed by atoms with Crippen LogP contribution in [0.3, 0.4) is 0 Å². The third kappa shape index (κ3) is 7.39. The third-order valence-electron chi connectivity index (χ3n) is 5.89. The molecule has 6 nitrogen and oxygen atoms in total. The van der Waals surface area contributed by atoms with Crippen molar-refractivity contribution in [3.05, 3.63) is 77.2 Å². The molecule has 0 bridgehead atoms. The fourth-order valence-electron chi connectivity index (χ4n) is 4.13. The van der Waals surface area contributed by atoms with Crippen molar-refractivity contribution in [3.63, 3.8) is 0 Å². The first-order chi connectivity index (χ1) is 16.9. The number of aryl methyl sites for hydroxylation is 1. The van der Waals surface area contributed by atoms with Crippen LogP contribution in [0.15, 0.2) is 54.7 Å². The van der Waals surface area contributed by atoms with Gasteiger partial charge in [0, 0.05) is 37.8 Å². The molecule has 0 aliphatic rings. The van der Waals surface area contributed by atoms with Gasteiger partial charge >= 0.3 is 0 Å². The van der Waals surface area contributed by atoms with Crippen molar-refractivity contribution in [2.45, 2.75) is 39.9 Å². The summed E-state index contributed by atoms with van der Waals surface area (Å²) in [5.41, 5.74) is 3.53. The van der Waals surface area contributed by atoms with Crippen LogP contribution in [0.1, 0.15) is 43.6 Å². The van der Waals surface area contributed by atoms with Gasteiger partial charge in [-0.1, -0.05) is 32.9 Å². The van der Waals surface area contributed by atoms with Gasteiger partial charge in [-0.15, -0.1) is 0 Å². The van der Waals surface area contributed by atoms with Crippen LogP contribution >= 0.6 is 7.37 Å². The number of halogens is 1. The number of ether oxygens (including phenoxy) is 3. The molecule has 1 heterocycles. The second-order valence-corrected chi connectivity index (χ2v) is 12.6. The quantitative estimate of drug-likeness (QED) is 0.305. The van der Waals surface area contributed by atoms with Crippen LogP contribution in [0.25, 0.3) is 11.1 Å². The molecule has 0 fully saturated rings. The maximum Gasteiger partial charge on any atom is 0.213 e. The molecule has 0 saturated heterocycles. The Morgan fingerprint density at radius 3 is 2.42 bits per heavy atom. The lowest BCUT2D eigenvalue weighted by atomic mass is 9.81. The lowest BCUT2D eigenvalue weighted by Gasteiger charge is -2.32. The second-order valence-electron chi connectivity index (χ2n) is 10.1. The molecule has 1 N–H and O–H groups in total. The molecule has 194 valence electrons. The smallest absolute Gasteiger partial charge is 0.213 e. The van der Waals surface area contributed by atoms with Gasteiger partial charge in [-0.05, 0) is 64.4 Å². The van der Waals surface area contributed by atoms with E-state index < -0.39 is 7.37 Å². The molecule has 0 aliphatic heterocycles. The highest BCUT2D eigenvalue weighted by Gasteiger charge is 2.29. The van der Waals surface area contributed by atoms with Crippen molar-refractivity contribution in [1.29, 1.82) is 0 Å². The number of benzene rings is 2. The summed E-state index contributed by atoms with van der Waals surface area (Å²) in [6.45, 7) is 7.83. The van der Waals surface area contributed by atoms with Gasteiger partial charge in [-0.25, -0.2) is 9.37 Å². The average Bonchev–Trinajstić information content (AvgIpc) is 2.81. The molecule has 3 rings (SSSR count). The minimum absolute atomic E-state index is 0.202. The second kappa shape index (κ2) is 11.5. The summed E-state index contributed by atoms with van der Waals surface area (Å²) < 4.78 is 43.7. The highest BCUT2D eigenvalue weighted by molar-refractivity contribution is 7.57. The van der Waals surface area contributed by atoms with E-state index in [1.54, 1.807) is 38.6 Å². The molecular formula is C28H35FNO5P. The molecule has 2 unspecified atom stereocenters. The Labute approximate surface area is 212 Å². The molecule has 3 aromatic rings. The van der Waals surface area contributed by atoms with Crippen molar-refractivity contribution in [2.24, 2.45) is 5.41 Å². The van der Waals surface area contributed by atoms with Crippen LogP contribution in [0, 0.1) is 11.2 Å². The molecule has 2 aromatic carbocycles. The Morgan fingerprint density at radius 2 is 1.78 bits per heavy atom. The molecule has 0 aliphatic carbocycles. The predicted molar refractivity (Wildman–Crippen MR) is 140 cm³/mol. The van der Waals surface area contributed by atoms with E-state index in [4.69, 9.17) is 14.2 Å². The van der Waals surface area contributed by atoms with E-state index in [2.05, 4.69) is 25.8 Å². The molecule has 1 aromatic heterocycles. The van der Waals surface area contributed by atoms with E-state index in [0.717, 1.165) is 22.3 Å². The monoisotopic (exact) mass is 515 g/mol. The number of pyridine rings is 1. The van der Waals surface area contributed by atoms with Crippen LogP contribution in [0.4, 0.5) is 4.39 Å². The number of rotatable bonds is 10. The molecule has 0 amide bonds. The van der Waals surface area contributed by atoms with E-state index in [1.807, 2.05) is 24.3 Å². The Bertz CT molecular complexity index is 1230. The van der Waals surface area contributed by atoms with Crippen LogP contribution in [-0.4, -0.2) is 36.9 Å². The predicted octanol–water partition coefficient (Wildman–Crippen LogP) is 6.65. The Balaban J connectivity index is 1.93. The van der Waals surface area contributed by atoms with E-state index >= 15 is 0 Å². The average molecular weight is 516 g/mol. The Hall–Kier alpha value is -2.73. The highest BCUT2D eigenvalue weighted by atomic mass is 31.2. The summed E-state index contributed by atoms with van der Waals surface area (Å²) in [6, 6.07) is 14.0. The first-order valence-corrected chi connectivity index (χ1v) is 14.1. The van der Waals surface area contributed by atoms with Gasteiger partial charge in [-0.2, -0.15) is 0 Å².